The predicted molar refractivity (Wildman–Crippen MR) is 71.2 cm³/mol. The van der Waals surface area contributed by atoms with E-state index in [0.29, 0.717) is 24.0 Å². The van der Waals surface area contributed by atoms with E-state index in [-0.39, 0.29) is 11.5 Å². The van der Waals surface area contributed by atoms with Gasteiger partial charge in [-0.2, -0.15) is 0 Å². The molecule has 5 nitrogen and oxygen atoms in total. The topological polar surface area (TPSA) is 80.7 Å². The van der Waals surface area contributed by atoms with Crippen molar-refractivity contribution >= 4 is 23.3 Å². The predicted octanol–water partition coefficient (Wildman–Crippen LogP) is 2.20. The van der Waals surface area contributed by atoms with Crippen LogP contribution in [0.1, 0.15) is 31.7 Å². The third-order valence-electron chi connectivity index (χ3n) is 3.11. The van der Waals surface area contributed by atoms with Gasteiger partial charge in [0.15, 0.2) is 5.78 Å². The number of ketones is 1. The van der Waals surface area contributed by atoms with Crippen LogP contribution in [-0.4, -0.2) is 22.8 Å². The summed E-state index contributed by atoms with van der Waals surface area (Å²) in [6, 6.07) is 6.67. The fourth-order valence-corrected chi connectivity index (χ4v) is 2.21. The second-order valence-corrected chi connectivity index (χ2v) is 4.62. The molecule has 1 aliphatic carbocycles. The molecule has 1 aromatic rings. The lowest BCUT2D eigenvalue weighted by atomic mass is 10.0. The van der Waals surface area contributed by atoms with Crippen molar-refractivity contribution in [3.05, 3.63) is 35.4 Å². The van der Waals surface area contributed by atoms with Gasteiger partial charge in [0.05, 0.1) is 0 Å². The number of rotatable bonds is 4. The Kier molecular flexibility index (Phi) is 3.98. The van der Waals surface area contributed by atoms with Crippen molar-refractivity contribution in [2.24, 2.45) is 0 Å². The van der Waals surface area contributed by atoms with Crippen molar-refractivity contribution in [3.8, 4) is 5.75 Å². The van der Waals surface area contributed by atoms with Crippen molar-refractivity contribution in [1.82, 2.24) is 0 Å². The molecule has 104 valence electrons. The summed E-state index contributed by atoms with van der Waals surface area (Å²) in [7, 11) is 0. The number of allylic oxidation sites excluding steroid dienone is 2. The second kappa shape index (κ2) is 5.69. The molecular weight excluding hydrogens is 260 g/mol. The number of Topliss-reactive ketones (excluding diaryl/α,β-unsaturated/α-hetero) is 1. The largest absolute Gasteiger partial charge is 0.481 e. The average Bonchev–Trinajstić information content (AvgIpc) is 2.69. The monoisotopic (exact) mass is 274 g/mol. The number of esters is 1. The minimum Gasteiger partial charge on any atom is -0.481 e. The van der Waals surface area contributed by atoms with Crippen molar-refractivity contribution < 1.29 is 24.2 Å². The normalized spacial score (nSPS) is 14.6. The van der Waals surface area contributed by atoms with Gasteiger partial charge < -0.3 is 9.84 Å². The summed E-state index contributed by atoms with van der Waals surface area (Å²) in [6.45, 7) is 1.87. The Morgan fingerprint density at radius 3 is 2.55 bits per heavy atom. The molecule has 5 heteroatoms. The van der Waals surface area contributed by atoms with Crippen LogP contribution in [0.5, 0.6) is 5.75 Å². The Balaban J connectivity index is 2.32. The highest BCUT2D eigenvalue weighted by Crippen LogP contribution is 2.35. The average molecular weight is 274 g/mol. The summed E-state index contributed by atoms with van der Waals surface area (Å²) >= 11 is 0. The lowest BCUT2D eigenvalue weighted by molar-refractivity contribution is -0.145. The van der Waals surface area contributed by atoms with Crippen molar-refractivity contribution in [1.29, 1.82) is 0 Å². The first kappa shape index (κ1) is 14.0. The molecule has 0 heterocycles. The van der Waals surface area contributed by atoms with Crippen LogP contribution >= 0.6 is 0 Å². The zero-order valence-corrected chi connectivity index (χ0v) is 11.0. The summed E-state index contributed by atoms with van der Waals surface area (Å²) in [5, 5.41) is 8.56. The standard InChI is InChI=1S/C15H14O5/c1-9-6-7-11(16)15(9)10-4-2-3-5-12(10)20-14(19)8-13(17)18/h2-5H,6-8H2,1H3,(H,17,18). The molecule has 0 saturated carbocycles. The first-order chi connectivity index (χ1) is 9.49. The molecule has 0 fully saturated rings. The van der Waals surface area contributed by atoms with Gasteiger partial charge in [-0.1, -0.05) is 23.8 Å². The maximum atomic E-state index is 11.9. The Morgan fingerprint density at radius 1 is 1.25 bits per heavy atom. The van der Waals surface area contributed by atoms with Gasteiger partial charge >= 0.3 is 11.9 Å². The lowest BCUT2D eigenvalue weighted by Gasteiger charge is -2.10. The van der Waals surface area contributed by atoms with E-state index in [1.165, 1.54) is 0 Å². The molecule has 0 atom stereocenters. The van der Waals surface area contributed by atoms with E-state index in [9.17, 15) is 14.4 Å². The molecule has 1 N–H and O–H groups in total. The molecule has 0 saturated heterocycles. The number of para-hydroxylation sites is 1. The molecule has 20 heavy (non-hydrogen) atoms. The van der Waals surface area contributed by atoms with Gasteiger partial charge in [-0.05, 0) is 19.4 Å². The van der Waals surface area contributed by atoms with E-state index in [1.54, 1.807) is 24.3 Å². The fourth-order valence-electron chi connectivity index (χ4n) is 2.21. The zero-order chi connectivity index (χ0) is 14.7. The Labute approximate surface area is 115 Å². The molecule has 2 rings (SSSR count). The van der Waals surface area contributed by atoms with Crippen LogP contribution in [0.2, 0.25) is 0 Å². The molecule has 0 radical (unpaired) electrons. The molecule has 0 bridgehead atoms. The van der Waals surface area contributed by atoms with Gasteiger partial charge in [0.25, 0.3) is 0 Å². The number of hydrogen-bond acceptors (Lipinski definition) is 4. The molecular formula is C15H14O5. The van der Waals surface area contributed by atoms with Crippen LogP contribution < -0.4 is 4.74 Å². The number of carbonyl (C=O) groups excluding carboxylic acids is 2. The number of carboxylic acids is 1. The van der Waals surface area contributed by atoms with E-state index >= 15 is 0 Å². The third kappa shape index (κ3) is 2.93. The molecule has 0 spiro atoms. The number of aliphatic carboxylic acids is 1. The minimum absolute atomic E-state index is 0.0178. The first-order valence-corrected chi connectivity index (χ1v) is 6.24. The van der Waals surface area contributed by atoms with Crippen LogP contribution in [0, 0.1) is 0 Å². The summed E-state index contributed by atoms with van der Waals surface area (Å²) in [4.78, 5) is 33.8. The van der Waals surface area contributed by atoms with E-state index in [4.69, 9.17) is 9.84 Å². The lowest BCUT2D eigenvalue weighted by Crippen LogP contribution is -2.14. The van der Waals surface area contributed by atoms with Crippen molar-refractivity contribution in [2.45, 2.75) is 26.2 Å². The third-order valence-corrected chi connectivity index (χ3v) is 3.11. The Morgan fingerprint density at radius 2 is 1.95 bits per heavy atom. The van der Waals surface area contributed by atoms with E-state index < -0.39 is 18.4 Å². The van der Waals surface area contributed by atoms with Gasteiger partial charge in [-0.15, -0.1) is 0 Å². The van der Waals surface area contributed by atoms with Crippen LogP contribution in [0.4, 0.5) is 0 Å². The fraction of sp³-hybridized carbons (Fsp3) is 0.267. The van der Waals surface area contributed by atoms with Gasteiger partial charge in [0.1, 0.15) is 12.2 Å². The smallest absolute Gasteiger partial charge is 0.322 e. The molecule has 0 unspecified atom stereocenters. The highest BCUT2D eigenvalue weighted by atomic mass is 16.5. The number of carbonyl (C=O) groups is 3. The van der Waals surface area contributed by atoms with E-state index in [1.807, 2.05) is 6.92 Å². The van der Waals surface area contributed by atoms with Crippen LogP contribution in [0.15, 0.2) is 29.8 Å². The summed E-state index contributed by atoms with van der Waals surface area (Å²) < 4.78 is 5.06. The Hall–Kier alpha value is -2.43. The summed E-state index contributed by atoms with van der Waals surface area (Å²) in [5.74, 6) is -1.86. The summed E-state index contributed by atoms with van der Waals surface area (Å²) in [5.41, 5.74) is 2.08. The van der Waals surface area contributed by atoms with E-state index in [0.717, 1.165) is 5.57 Å². The van der Waals surface area contributed by atoms with Crippen molar-refractivity contribution in [3.63, 3.8) is 0 Å². The van der Waals surface area contributed by atoms with Crippen LogP contribution in [0.25, 0.3) is 5.57 Å². The minimum atomic E-state index is -1.25. The number of ether oxygens (including phenoxy) is 1. The molecule has 0 aliphatic heterocycles. The van der Waals surface area contributed by atoms with E-state index in [2.05, 4.69) is 0 Å². The number of hydrogen-bond donors (Lipinski definition) is 1. The molecule has 0 aromatic heterocycles. The molecule has 0 amide bonds. The van der Waals surface area contributed by atoms with Gasteiger partial charge in [-0.25, -0.2) is 0 Å². The molecule has 1 aliphatic rings. The maximum Gasteiger partial charge on any atom is 0.322 e. The highest BCUT2D eigenvalue weighted by molar-refractivity contribution is 6.24. The first-order valence-electron chi connectivity index (χ1n) is 6.24. The molecule has 1 aromatic carbocycles. The SMILES string of the molecule is CC1=C(c2ccccc2OC(=O)CC(=O)O)C(=O)CC1. The maximum absolute atomic E-state index is 11.9. The van der Waals surface area contributed by atoms with Crippen LogP contribution in [-0.2, 0) is 14.4 Å². The number of carboxylic acid groups (broad SMARTS) is 1. The van der Waals surface area contributed by atoms with Gasteiger partial charge in [-0.3, -0.25) is 14.4 Å². The Bertz CT molecular complexity index is 612. The quantitative estimate of drug-likeness (QED) is 0.517. The van der Waals surface area contributed by atoms with Gasteiger partial charge in [0.2, 0.25) is 0 Å². The summed E-state index contributed by atoms with van der Waals surface area (Å²) in [6.07, 6.45) is 0.449. The van der Waals surface area contributed by atoms with Crippen LogP contribution in [0.3, 0.4) is 0 Å². The van der Waals surface area contributed by atoms with Crippen molar-refractivity contribution in [2.75, 3.05) is 0 Å². The van der Waals surface area contributed by atoms with Gasteiger partial charge in [0, 0.05) is 17.6 Å². The second-order valence-electron chi connectivity index (χ2n) is 4.62. The highest BCUT2D eigenvalue weighted by Gasteiger charge is 2.25. The zero-order valence-electron chi connectivity index (χ0n) is 11.0. The number of benzene rings is 1.